The molecule has 2 aliphatic rings. The number of aliphatic hydroxyl groups is 1. The SMILES string of the molecule is CCOc1ccc(N2C3=[N+](CCCCC3)CC2(O)c2ccc(OCC)cc2)cc1. The van der Waals surface area contributed by atoms with Gasteiger partial charge in [-0.1, -0.05) is 0 Å². The van der Waals surface area contributed by atoms with E-state index in [2.05, 4.69) is 9.48 Å². The monoisotopic (exact) mass is 395 g/mol. The normalized spacial score (nSPS) is 21.7. The van der Waals surface area contributed by atoms with Gasteiger partial charge in [0.05, 0.1) is 19.8 Å². The maximum Gasteiger partial charge on any atom is 0.275 e. The molecule has 154 valence electrons. The number of hydrogen-bond acceptors (Lipinski definition) is 4. The molecular weight excluding hydrogens is 364 g/mol. The molecule has 0 fully saturated rings. The Hall–Kier alpha value is -2.53. The average molecular weight is 396 g/mol. The number of amidine groups is 1. The third-order valence-electron chi connectivity index (χ3n) is 5.77. The van der Waals surface area contributed by atoms with Gasteiger partial charge in [0.15, 0.2) is 6.54 Å². The topological polar surface area (TPSA) is 44.9 Å². The van der Waals surface area contributed by atoms with E-state index < -0.39 is 5.72 Å². The Morgan fingerprint density at radius 2 is 1.52 bits per heavy atom. The number of anilines is 1. The summed E-state index contributed by atoms with van der Waals surface area (Å²) in [7, 11) is 0. The lowest BCUT2D eigenvalue weighted by Crippen LogP contribution is -2.47. The summed E-state index contributed by atoms with van der Waals surface area (Å²) < 4.78 is 13.6. The molecule has 4 rings (SSSR count). The Labute approximate surface area is 173 Å². The van der Waals surface area contributed by atoms with Gasteiger partial charge >= 0.3 is 0 Å². The number of benzene rings is 2. The molecule has 1 atom stereocenters. The first-order chi connectivity index (χ1) is 14.2. The highest BCUT2D eigenvalue weighted by atomic mass is 16.5. The molecule has 1 unspecified atom stereocenters. The van der Waals surface area contributed by atoms with Gasteiger partial charge in [-0.05, 0) is 81.6 Å². The van der Waals surface area contributed by atoms with Crippen LogP contribution in [0.2, 0.25) is 0 Å². The number of ether oxygens (including phenoxy) is 2. The van der Waals surface area contributed by atoms with Crippen LogP contribution < -0.4 is 14.4 Å². The Morgan fingerprint density at radius 1 is 0.897 bits per heavy atom. The fraction of sp³-hybridized carbons (Fsp3) is 0.458. The Balaban J connectivity index is 1.73. The van der Waals surface area contributed by atoms with Crippen LogP contribution in [0, 0.1) is 0 Å². The number of hydrogen-bond donors (Lipinski definition) is 1. The van der Waals surface area contributed by atoms with Crippen molar-refractivity contribution in [3.63, 3.8) is 0 Å². The molecule has 2 aliphatic heterocycles. The van der Waals surface area contributed by atoms with E-state index in [4.69, 9.17) is 9.47 Å². The largest absolute Gasteiger partial charge is 0.494 e. The van der Waals surface area contributed by atoms with Crippen LogP contribution in [0.25, 0.3) is 0 Å². The van der Waals surface area contributed by atoms with Crippen LogP contribution >= 0.6 is 0 Å². The van der Waals surface area contributed by atoms with E-state index in [1.54, 1.807) is 0 Å². The molecule has 5 heteroatoms. The summed E-state index contributed by atoms with van der Waals surface area (Å²) in [5.41, 5.74) is 0.768. The van der Waals surface area contributed by atoms with E-state index in [0.717, 1.165) is 42.1 Å². The van der Waals surface area contributed by atoms with E-state index in [1.165, 1.54) is 18.7 Å². The van der Waals surface area contributed by atoms with E-state index >= 15 is 0 Å². The van der Waals surface area contributed by atoms with Crippen LogP contribution in [-0.2, 0) is 5.72 Å². The van der Waals surface area contributed by atoms with Gasteiger partial charge in [-0.3, -0.25) is 4.58 Å². The van der Waals surface area contributed by atoms with Gasteiger partial charge in [0.2, 0.25) is 0 Å². The second-order valence-corrected chi connectivity index (χ2v) is 7.68. The van der Waals surface area contributed by atoms with Crippen LogP contribution in [-0.4, -0.2) is 41.8 Å². The zero-order valence-electron chi connectivity index (χ0n) is 17.4. The van der Waals surface area contributed by atoms with Gasteiger partial charge in [0, 0.05) is 12.0 Å². The van der Waals surface area contributed by atoms with E-state index in [9.17, 15) is 5.11 Å². The predicted octanol–water partition coefficient (Wildman–Crippen LogP) is 4.13. The summed E-state index contributed by atoms with van der Waals surface area (Å²) in [5, 5.41) is 12.0. The molecule has 0 bridgehead atoms. The molecule has 2 heterocycles. The minimum atomic E-state index is -1.11. The van der Waals surface area contributed by atoms with E-state index in [1.807, 2.05) is 62.4 Å². The standard InChI is InChI=1S/C24H31N2O3/c1-3-28-21-13-9-19(10-14-21)24(27)18-25-17-7-5-6-8-23(25)26(24)20-11-15-22(16-12-20)29-4-2/h9-16,27H,3-8,17-18H2,1-2H3/q+1. The zero-order valence-corrected chi connectivity index (χ0v) is 17.4. The van der Waals surface area contributed by atoms with Gasteiger partial charge in [-0.15, -0.1) is 0 Å². The third-order valence-corrected chi connectivity index (χ3v) is 5.77. The smallest absolute Gasteiger partial charge is 0.275 e. The summed E-state index contributed by atoms with van der Waals surface area (Å²) in [6.45, 7) is 6.80. The van der Waals surface area contributed by atoms with Crippen molar-refractivity contribution in [1.82, 2.24) is 0 Å². The van der Waals surface area contributed by atoms with Crippen molar-refractivity contribution in [2.24, 2.45) is 0 Å². The van der Waals surface area contributed by atoms with Gasteiger partial charge in [0.25, 0.3) is 11.6 Å². The van der Waals surface area contributed by atoms with Gasteiger partial charge in [-0.2, -0.15) is 4.90 Å². The molecule has 29 heavy (non-hydrogen) atoms. The third kappa shape index (κ3) is 3.84. The zero-order chi connectivity index (χ0) is 20.3. The van der Waals surface area contributed by atoms with Crippen LogP contribution in [0.5, 0.6) is 11.5 Å². The lowest BCUT2D eigenvalue weighted by molar-refractivity contribution is -0.534. The van der Waals surface area contributed by atoms with E-state index in [0.29, 0.717) is 19.8 Å². The van der Waals surface area contributed by atoms with Crippen molar-refractivity contribution in [3.05, 3.63) is 54.1 Å². The highest BCUT2D eigenvalue weighted by Gasteiger charge is 2.54. The first kappa shape index (κ1) is 19.8. The van der Waals surface area contributed by atoms with Gasteiger partial charge < -0.3 is 14.6 Å². The highest BCUT2D eigenvalue weighted by molar-refractivity contribution is 5.97. The Bertz CT molecular complexity index is 861. The molecule has 0 spiro atoms. The second-order valence-electron chi connectivity index (χ2n) is 7.68. The summed E-state index contributed by atoms with van der Waals surface area (Å²) in [4.78, 5) is 2.13. The molecule has 1 N–H and O–H groups in total. The molecular formula is C24H31N2O3+. The molecule has 2 aromatic carbocycles. The second kappa shape index (κ2) is 8.46. The first-order valence-electron chi connectivity index (χ1n) is 10.8. The van der Waals surface area contributed by atoms with Crippen molar-refractivity contribution < 1.29 is 19.2 Å². The maximum absolute atomic E-state index is 12.0. The van der Waals surface area contributed by atoms with Crippen molar-refractivity contribution in [2.75, 3.05) is 31.2 Å². The Morgan fingerprint density at radius 3 is 2.14 bits per heavy atom. The van der Waals surface area contributed by atoms with Crippen LogP contribution in [0.1, 0.15) is 45.1 Å². The molecule has 0 radical (unpaired) electrons. The molecule has 0 saturated carbocycles. The first-order valence-corrected chi connectivity index (χ1v) is 10.8. The lowest BCUT2D eigenvalue weighted by Gasteiger charge is -2.29. The van der Waals surface area contributed by atoms with Crippen molar-refractivity contribution >= 4 is 11.5 Å². The van der Waals surface area contributed by atoms with Gasteiger partial charge in [0.1, 0.15) is 17.2 Å². The average Bonchev–Trinajstić information content (AvgIpc) is 2.86. The van der Waals surface area contributed by atoms with Crippen molar-refractivity contribution in [2.45, 2.75) is 45.3 Å². The fourth-order valence-electron chi connectivity index (χ4n) is 4.45. The molecule has 0 aromatic heterocycles. The summed E-state index contributed by atoms with van der Waals surface area (Å²) >= 11 is 0. The minimum absolute atomic E-state index is 0.573. The summed E-state index contributed by atoms with van der Waals surface area (Å²) in [5.74, 6) is 2.89. The van der Waals surface area contributed by atoms with Crippen LogP contribution in [0.4, 0.5) is 5.69 Å². The molecule has 0 aliphatic carbocycles. The molecule has 0 amide bonds. The summed E-state index contributed by atoms with van der Waals surface area (Å²) in [6, 6.07) is 15.9. The van der Waals surface area contributed by atoms with Crippen molar-refractivity contribution in [3.8, 4) is 11.5 Å². The quantitative estimate of drug-likeness (QED) is 0.747. The predicted molar refractivity (Wildman–Crippen MR) is 115 cm³/mol. The lowest BCUT2D eigenvalue weighted by atomic mass is 9.99. The van der Waals surface area contributed by atoms with Crippen LogP contribution in [0.3, 0.4) is 0 Å². The number of rotatable bonds is 6. The van der Waals surface area contributed by atoms with Gasteiger partial charge in [-0.25, -0.2) is 0 Å². The molecule has 2 aromatic rings. The minimum Gasteiger partial charge on any atom is -0.494 e. The van der Waals surface area contributed by atoms with Crippen LogP contribution in [0.15, 0.2) is 48.5 Å². The Kier molecular flexibility index (Phi) is 5.76. The molecule has 0 saturated heterocycles. The summed E-state index contributed by atoms with van der Waals surface area (Å²) in [6.07, 6.45) is 4.53. The maximum atomic E-state index is 12.0. The van der Waals surface area contributed by atoms with E-state index in [-0.39, 0.29) is 0 Å². The van der Waals surface area contributed by atoms with Crippen molar-refractivity contribution in [1.29, 1.82) is 0 Å². The number of nitrogens with zero attached hydrogens (tertiary/aromatic N) is 2. The highest BCUT2D eigenvalue weighted by Crippen LogP contribution is 2.38. The fourth-order valence-corrected chi connectivity index (χ4v) is 4.45. The molecule has 5 nitrogen and oxygen atoms in total.